The molecule has 0 saturated heterocycles. The summed E-state index contributed by atoms with van der Waals surface area (Å²) in [5, 5.41) is 19.6. The second kappa shape index (κ2) is 14.3. The second-order valence-corrected chi connectivity index (χ2v) is 16.7. The molecule has 246 valence electrons. The molecule has 11 heteroatoms. The van der Waals surface area contributed by atoms with Gasteiger partial charge in [0.15, 0.2) is 0 Å². The van der Waals surface area contributed by atoms with Crippen LogP contribution >= 0.6 is 56.7 Å². The van der Waals surface area contributed by atoms with Crippen LogP contribution in [0.1, 0.15) is 22.3 Å². The largest absolute Gasteiger partial charge is 0.481 e. The minimum Gasteiger partial charge on any atom is -0.481 e. The lowest BCUT2D eigenvalue weighted by molar-refractivity contribution is -0.137. The van der Waals surface area contributed by atoms with Gasteiger partial charge in [-0.3, -0.25) is 9.59 Å². The van der Waals surface area contributed by atoms with Crippen LogP contribution in [0, 0.1) is 0 Å². The summed E-state index contributed by atoms with van der Waals surface area (Å²) in [5.74, 6) is -1.77. The molecule has 6 N–H and O–H groups in total. The number of thiophene rings is 5. The van der Waals surface area contributed by atoms with E-state index in [1.807, 2.05) is 48.5 Å². The fourth-order valence-electron chi connectivity index (χ4n) is 5.64. The molecule has 0 radical (unpaired) electrons. The highest BCUT2D eigenvalue weighted by molar-refractivity contribution is 7.30. The number of nitrogens with two attached hydrogens (primary N) is 2. The molecule has 5 heterocycles. The van der Waals surface area contributed by atoms with Crippen molar-refractivity contribution in [1.29, 1.82) is 0 Å². The van der Waals surface area contributed by atoms with Gasteiger partial charge in [-0.2, -0.15) is 0 Å². The number of carbonyl (C=O) groups is 2. The maximum atomic E-state index is 11.9. The SMILES string of the molecule is NCc1cccc(-c2ccc(-c3cc(CC(=O)O)c(-c4ccc(-c5sc(-c6ccc(-c7cccc(CN)c7)s6)cc5CC(=O)O)s4)s3)s2)c1. The third-order valence-corrected chi connectivity index (χ3v) is 14.4. The Kier molecular flexibility index (Phi) is 9.75. The third-order valence-electron chi connectivity index (χ3n) is 7.95. The zero-order valence-corrected chi connectivity index (χ0v) is 30.1. The monoisotopic (exact) mass is 738 g/mol. The first-order valence-corrected chi connectivity index (χ1v) is 19.4. The van der Waals surface area contributed by atoms with E-state index in [2.05, 4.69) is 48.5 Å². The van der Waals surface area contributed by atoms with Crippen LogP contribution in [-0.4, -0.2) is 22.2 Å². The predicted octanol–water partition coefficient (Wildman–Crippen LogP) is 10.2. The molecule has 7 rings (SSSR count). The average Bonchev–Trinajstić information content (AvgIpc) is 3.94. The Bertz CT molecular complexity index is 2140. The Morgan fingerprint density at radius 1 is 0.469 bits per heavy atom. The summed E-state index contributed by atoms with van der Waals surface area (Å²) in [7, 11) is 0. The minimum absolute atomic E-state index is 0.0852. The number of carboxylic acid groups (broad SMARTS) is 2. The van der Waals surface area contributed by atoms with Crippen LogP contribution in [0.3, 0.4) is 0 Å². The Morgan fingerprint density at radius 3 is 1.27 bits per heavy atom. The zero-order chi connectivity index (χ0) is 34.1. The van der Waals surface area contributed by atoms with Crippen molar-refractivity contribution in [3.05, 3.63) is 119 Å². The molecule has 5 aromatic heterocycles. The van der Waals surface area contributed by atoms with E-state index >= 15 is 0 Å². The first-order chi connectivity index (χ1) is 23.8. The number of aliphatic carboxylic acids is 2. The van der Waals surface area contributed by atoms with Crippen molar-refractivity contribution < 1.29 is 19.8 Å². The lowest BCUT2D eigenvalue weighted by Gasteiger charge is -2.00. The molecular formula is C38H30N2O4S5. The maximum absolute atomic E-state index is 11.9. The number of rotatable bonds is 12. The highest BCUT2D eigenvalue weighted by Crippen LogP contribution is 2.49. The van der Waals surface area contributed by atoms with Gasteiger partial charge in [0.1, 0.15) is 0 Å². The van der Waals surface area contributed by atoms with E-state index in [0.29, 0.717) is 13.1 Å². The molecular weight excluding hydrogens is 709 g/mol. The van der Waals surface area contributed by atoms with Gasteiger partial charge in [0, 0.05) is 61.9 Å². The standard InChI is InChI=1S/C38H30N2O4S5/c39-19-21-3-1-5-23(13-21)27-7-9-29(45-27)33-15-25(17-35(41)42)37(48-33)31-11-12-32(47-31)38-26(18-36(43)44)16-34(49-38)30-10-8-28(46-30)24-6-2-4-22(14-24)20-40/h1-16H,17-20,39-40H2,(H,41,42)(H,43,44). The van der Waals surface area contributed by atoms with Crippen molar-refractivity contribution in [2.75, 3.05) is 0 Å². The molecule has 0 unspecified atom stereocenters. The van der Waals surface area contributed by atoms with E-state index in [1.165, 1.54) is 0 Å². The fraction of sp³-hybridized carbons (Fsp3) is 0.105. The summed E-state index contributed by atoms with van der Waals surface area (Å²) in [6.45, 7) is 0.956. The topological polar surface area (TPSA) is 127 Å². The molecule has 0 amide bonds. The summed E-state index contributed by atoms with van der Waals surface area (Å²) < 4.78 is 0. The highest BCUT2D eigenvalue weighted by Gasteiger charge is 2.21. The van der Waals surface area contributed by atoms with E-state index in [9.17, 15) is 19.8 Å². The molecule has 0 spiro atoms. The predicted molar refractivity (Wildman–Crippen MR) is 207 cm³/mol. The Balaban J connectivity index is 1.22. The first-order valence-electron chi connectivity index (χ1n) is 15.4. The first kappa shape index (κ1) is 33.3. The smallest absolute Gasteiger partial charge is 0.307 e. The van der Waals surface area contributed by atoms with Gasteiger partial charge in [-0.1, -0.05) is 36.4 Å². The van der Waals surface area contributed by atoms with Crippen LogP contribution in [0.5, 0.6) is 0 Å². The third kappa shape index (κ3) is 7.24. The van der Waals surface area contributed by atoms with Crippen molar-refractivity contribution in [3.63, 3.8) is 0 Å². The summed E-state index contributed by atoms with van der Waals surface area (Å²) >= 11 is 8.10. The summed E-state index contributed by atoms with van der Waals surface area (Å²) in [5.41, 5.74) is 17.6. The van der Waals surface area contributed by atoms with E-state index in [0.717, 1.165) is 82.2 Å². The molecule has 0 saturated carbocycles. The molecule has 0 atom stereocenters. The lowest BCUT2D eigenvalue weighted by Crippen LogP contribution is -1.99. The van der Waals surface area contributed by atoms with Crippen molar-refractivity contribution >= 4 is 68.6 Å². The molecule has 2 aromatic carbocycles. The van der Waals surface area contributed by atoms with E-state index in [1.54, 1.807) is 56.7 Å². The van der Waals surface area contributed by atoms with Gasteiger partial charge in [-0.15, -0.1) is 56.7 Å². The van der Waals surface area contributed by atoms with Gasteiger partial charge < -0.3 is 21.7 Å². The molecule has 0 aliphatic carbocycles. The maximum Gasteiger partial charge on any atom is 0.307 e. The molecule has 7 aromatic rings. The van der Waals surface area contributed by atoms with Crippen LogP contribution < -0.4 is 11.5 Å². The van der Waals surface area contributed by atoms with Gasteiger partial charge >= 0.3 is 11.9 Å². The molecule has 0 aliphatic rings. The molecule has 49 heavy (non-hydrogen) atoms. The van der Waals surface area contributed by atoms with E-state index in [-0.39, 0.29) is 12.8 Å². The normalized spacial score (nSPS) is 11.3. The minimum atomic E-state index is -0.885. The van der Waals surface area contributed by atoms with E-state index < -0.39 is 11.9 Å². The van der Waals surface area contributed by atoms with Crippen LogP contribution in [0.25, 0.3) is 59.9 Å². The second-order valence-electron chi connectivity index (χ2n) is 11.4. The van der Waals surface area contributed by atoms with Gasteiger partial charge in [0.2, 0.25) is 0 Å². The average molecular weight is 739 g/mol. The van der Waals surface area contributed by atoms with Crippen molar-refractivity contribution in [2.45, 2.75) is 25.9 Å². The van der Waals surface area contributed by atoms with Crippen LogP contribution in [-0.2, 0) is 35.5 Å². The van der Waals surface area contributed by atoms with Gasteiger partial charge in [0.25, 0.3) is 0 Å². The number of benzene rings is 2. The van der Waals surface area contributed by atoms with Gasteiger partial charge in [-0.25, -0.2) is 0 Å². The van der Waals surface area contributed by atoms with Crippen molar-refractivity contribution in [1.82, 2.24) is 0 Å². The molecule has 0 fully saturated rings. The summed E-state index contributed by atoms with van der Waals surface area (Å²) in [6.07, 6.45) is -0.170. The van der Waals surface area contributed by atoms with Crippen LogP contribution in [0.2, 0.25) is 0 Å². The number of carboxylic acids is 2. The molecule has 0 bridgehead atoms. The van der Waals surface area contributed by atoms with E-state index in [4.69, 9.17) is 11.5 Å². The number of hydrogen-bond donors (Lipinski definition) is 4. The Labute approximate surface area is 303 Å². The highest BCUT2D eigenvalue weighted by atomic mass is 32.1. The Hall–Kier alpha value is -4.20. The quantitative estimate of drug-likeness (QED) is 0.0989. The van der Waals surface area contributed by atoms with Crippen molar-refractivity contribution in [2.24, 2.45) is 11.5 Å². The number of hydrogen-bond acceptors (Lipinski definition) is 9. The Morgan fingerprint density at radius 2 is 0.857 bits per heavy atom. The summed E-state index contributed by atoms with van der Waals surface area (Å²) in [4.78, 5) is 34.1. The van der Waals surface area contributed by atoms with Gasteiger partial charge in [-0.05, 0) is 94.0 Å². The van der Waals surface area contributed by atoms with Crippen LogP contribution in [0.4, 0.5) is 0 Å². The summed E-state index contributed by atoms with van der Waals surface area (Å²) in [6, 6.07) is 32.8. The van der Waals surface area contributed by atoms with Gasteiger partial charge in [0.05, 0.1) is 12.8 Å². The molecule has 6 nitrogen and oxygen atoms in total. The molecule has 0 aliphatic heterocycles. The van der Waals surface area contributed by atoms with Crippen molar-refractivity contribution in [3.8, 4) is 59.9 Å². The van der Waals surface area contributed by atoms with Crippen LogP contribution in [0.15, 0.2) is 97.1 Å². The zero-order valence-electron chi connectivity index (χ0n) is 26.0. The fourth-order valence-corrected chi connectivity index (χ4v) is 11.5. The lowest BCUT2D eigenvalue weighted by atomic mass is 10.1.